The summed E-state index contributed by atoms with van der Waals surface area (Å²) in [5.74, 6) is -0.353. The van der Waals surface area contributed by atoms with Crippen molar-refractivity contribution in [2.75, 3.05) is 7.11 Å². The van der Waals surface area contributed by atoms with Crippen molar-refractivity contribution in [1.82, 2.24) is 0 Å². The maximum absolute atomic E-state index is 10.6. The standard InChI is InChI=1S/C12H16O4S/c1-16-10-7-8(5-6-9(10)13)3-2-4-11(17)12(14)15/h5-7,11,13,17H,2-4H2,1H3,(H,14,15). The van der Waals surface area contributed by atoms with E-state index >= 15 is 0 Å². The van der Waals surface area contributed by atoms with Crippen molar-refractivity contribution in [3.63, 3.8) is 0 Å². The van der Waals surface area contributed by atoms with E-state index in [0.717, 1.165) is 18.4 Å². The van der Waals surface area contributed by atoms with Gasteiger partial charge in [0.2, 0.25) is 0 Å². The molecule has 1 rings (SSSR count). The summed E-state index contributed by atoms with van der Waals surface area (Å²) in [7, 11) is 1.49. The van der Waals surface area contributed by atoms with Crippen LogP contribution in [0.4, 0.5) is 0 Å². The second-order valence-corrected chi connectivity index (χ2v) is 4.38. The fourth-order valence-corrected chi connectivity index (χ4v) is 1.68. The topological polar surface area (TPSA) is 66.8 Å². The van der Waals surface area contributed by atoms with Crippen molar-refractivity contribution in [3.05, 3.63) is 23.8 Å². The third-order valence-electron chi connectivity index (χ3n) is 2.47. The highest BCUT2D eigenvalue weighted by Gasteiger charge is 2.11. The molecule has 0 aliphatic carbocycles. The van der Waals surface area contributed by atoms with Gasteiger partial charge in [-0.2, -0.15) is 12.6 Å². The Hall–Kier alpha value is -1.36. The predicted octanol–water partition coefficient (Wildman–Crippen LogP) is 2.11. The Labute approximate surface area is 106 Å². The van der Waals surface area contributed by atoms with Crippen LogP contribution >= 0.6 is 12.6 Å². The maximum Gasteiger partial charge on any atom is 0.316 e. The van der Waals surface area contributed by atoms with E-state index in [1.807, 2.05) is 0 Å². The molecule has 0 bridgehead atoms. The Bertz CT molecular complexity index is 392. The third-order valence-corrected chi connectivity index (χ3v) is 2.95. The van der Waals surface area contributed by atoms with Gasteiger partial charge in [0.1, 0.15) is 0 Å². The van der Waals surface area contributed by atoms with Crippen molar-refractivity contribution < 1.29 is 19.7 Å². The lowest BCUT2D eigenvalue weighted by molar-refractivity contribution is -0.136. The van der Waals surface area contributed by atoms with Gasteiger partial charge in [-0.15, -0.1) is 0 Å². The second kappa shape index (κ2) is 6.39. The van der Waals surface area contributed by atoms with Crippen LogP contribution in [0.25, 0.3) is 0 Å². The number of thiol groups is 1. The highest BCUT2D eigenvalue weighted by Crippen LogP contribution is 2.27. The minimum atomic E-state index is -0.892. The van der Waals surface area contributed by atoms with Gasteiger partial charge >= 0.3 is 5.97 Å². The molecule has 0 heterocycles. The van der Waals surface area contributed by atoms with Gasteiger partial charge in [0, 0.05) is 0 Å². The van der Waals surface area contributed by atoms with Gasteiger partial charge in [0.05, 0.1) is 12.4 Å². The van der Waals surface area contributed by atoms with Gasteiger partial charge in [-0.05, 0) is 37.0 Å². The largest absolute Gasteiger partial charge is 0.504 e. The SMILES string of the molecule is COc1cc(CCCC(S)C(=O)O)ccc1O. The van der Waals surface area contributed by atoms with E-state index in [1.54, 1.807) is 18.2 Å². The van der Waals surface area contributed by atoms with Crippen LogP contribution in [0.15, 0.2) is 18.2 Å². The van der Waals surface area contributed by atoms with E-state index in [4.69, 9.17) is 9.84 Å². The molecule has 1 atom stereocenters. The molecule has 0 aliphatic rings. The van der Waals surface area contributed by atoms with Gasteiger partial charge in [-0.25, -0.2) is 0 Å². The molecule has 5 heteroatoms. The quantitative estimate of drug-likeness (QED) is 0.682. The smallest absolute Gasteiger partial charge is 0.316 e. The minimum Gasteiger partial charge on any atom is -0.504 e. The van der Waals surface area contributed by atoms with Gasteiger partial charge < -0.3 is 14.9 Å². The molecule has 94 valence electrons. The summed E-state index contributed by atoms with van der Waals surface area (Å²) in [6.07, 6.45) is 1.98. The number of rotatable bonds is 6. The maximum atomic E-state index is 10.6. The van der Waals surface area contributed by atoms with E-state index in [9.17, 15) is 9.90 Å². The molecule has 0 fully saturated rings. The van der Waals surface area contributed by atoms with Crippen LogP contribution < -0.4 is 4.74 Å². The van der Waals surface area contributed by atoms with E-state index < -0.39 is 11.2 Å². The van der Waals surface area contributed by atoms with Crippen molar-refractivity contribution in [2.45, 2.75) is 24.5 Å². The Morgan fingerprint density at radius 3 is 2.82 bits per heavy atom. The zero-order chi connectivity index (χ0) is 12.8. The molecular formula is C12H16O4S. The van der Waals surface area contributed by atoms with Crippen LogP contribution in [-0.2, 0) is 11.2 Å². The monoisotopic (exact) mass is 256 g/mol. The molecule has 4 nitrogen and oxygen atoms in total. The molecule has 1 aromatic carbocycles. The zero-order valence-corrected chi connectivity index (χ0v) is 10.5. The molecule has 0 amide bonds. The lowest BCUT2D eigenvalue weighted by Gasteiger charge is -2.08. The number of phenolic OH excluding ortho intramolecular Hbond substituents is 1. The predicted molar refractivity (Wildman–Crippen MR) is 68.0 cm³/mol. The zero-order valence-electron chi connectivity index (χ0n) is 9.59. The second-order valence-electron chi connectivity index (χ2n) is 3.75. The number of carbonyl (C=O) groups is 1. The summed E-state index contributed by atoms with van der Waals surface area (Å²) in [5, 5.41) is 17.5. The number of ether oxygens (including phenoxy) is 1. The Kier molecular flexibility index (Phi) is 5.15. The van der Waals surface area contributed by atoms with Crippen molar-refractivity contribution in [2.24, 2.45) is 0 Å². The Balaban J connectivity index is 2.49. The van der Waals surface area contributed by atoms with Crippen molar-refractivity contribution in [1.29, 1.82) is 0 Å². The normalized spacial score (nSPS) is 12.1. The minimum absolute atomic E-state index is 0.105. The summed E-state index contributed by atoms with van der Waals surface area (Å²) in [6.45, 7) is 0. The highest BCUT2D eigenvalue weighted by molar-refractivity contribution is 7.81. The number of hydrogen-bond donors (Lipinski definition) is 3. The van der Waals surface area contributed by atoms with Crippen LogP contribution in [0.5, 0.6) is 11.5 Å². The molecule has 0 saturated heterocycles. The molecule has 1 unspecified atom stereocenters. The van der Waals surface area contributed by atoms with Gasteiger partial charge in [-0.1, -0.05) is 6.07 Å². The van der Waals surface area contributed by atoms with Gasteiger partial charge in [0.25, 0.3) is 0 Å². The molecule has 0 aromatic heterocycles. The van der Waals surface area contributed by atoms with Crippen LogP contribution in [0.2, 0.25) is 0 Å². The molecule has 0 aliphatic heterocycles. The van der Waals surface area contributed by atoms with Crippen LogP contribution in [-0.4, -0.2) is 28.5 Å². The number of hydrogen-bond acceptors (Lipinski definition) is 4. The molecule has 0 radical (unpaired) electrons. The average molecular weight is 256 g/mol. The molecular weight excluding hydrogens is 240 g/mol. The fourth-order valence-electron chi connectivity index (χ4n) is 1.50. The van der Waals surface area contributed by atoms with Crippen molar-refractivity contribution >= 4 is 18.6 Å². The molecule has 0 saturated carbocycles. The summed E-state index contributed by atoms with van der Waals surface area (Å²) < 4.78 is 4.99. The van der Waals surface area contributed by atoms with Gasteiger partial charge in [-0.3, -0.25) is 4.79 Å². The summed E-state index contributed by atoms with van der Waals surface area (Å²) in [4.78, 5) is 10.6. The fraction of sp³-hybridized carbons (Fsp3) is 0.417. The molecule has 1 aromatic rings. The van der Waals surface area contributed by atoms with E-state index in [1.165, 1.54) is 7.11 Å². The number of carboxylic acid groups (broad SMARTS) is 1. The number of methoxy groups -OCH3 is 1. The average Bonchev–Trinajstić information content (AvgIpc) is 2.31. The first-order valence-corrected chi connectivity index (χ1v) is 5.83. The number of aryl methyl sites for hydroxylation is 1. The van der Waals surface area contributed by atoms with Crippen molar-refractivity contribution in [3.8, 4) is 11.5 Å². The molecule has 17 heavy (non-hydrogen) atoms. The van der Waals surface area contributed by atoms with E-state index in [-0.39, 0.29) is 5.75 Å². The number of carboxylic acids is 1. The summed E-state index contributed by atoms with van der Waals surface area (Å²) in [5.41, 5.74) is 1.01. The Morgan fingerprint density at radius 1 is 1.53 bits per heavy atom. The first-order valence-electron chi connectivity index (χ1n) is 5.31. The van der Waals surface area contributed by atoms with E-state index in [0.29, 0.717) is 12.2 Å². The summed E-state index contributed by atoms with van der Waals surface area (Å²) in [6, 6.07) is 5.12. The van der Waals surface area contributed by atoms with Crippen LogP contribution in [0.1, 0.15) is 18.4 Å². The number of aliphatic carboxylic acids is 1. The van der Waals surface area contributed by atoms with Gasteiger partial charge in [0.15, 0.2) is 11.5 Å². The number of phenols is 1. The molecule has 2 N–H and O–H groups in total. The Morgan fingerprint density at radius 2 is 2.24 bits per heavy atom. The van der Waals surface area contributed by atoms with Crippen LogP contribution in [0, 0.1) is 0 Å². The number of aromatic hydroxyl groups is 1. The lowest BCUT2D eigenvalue weighted by atomic mass is 10.1. The molecule has 0 spiro atoms. The first kappa shape index (κ1) is 13.7. The summed E-state index contributed by atoms with van der Waals surface area (Å²) >= 11 is 3.96. The lowest BCUT2D eigenvalue weighted by Crippen LogP contribution is -2.13. The first-order chi connectivity index (χ1) is 8.04. The third kappa shape index (κ3) is 4.19. The highest BCUT2D eigenvalue weighted by atomic mass is 32.1. The van der Waals surface area contributed by atoms with E-state index in [2.05, 4.69) is 12.6 Å². The number of benzene rings is 1. The van der Waals surface area contributed by atoms with Crippen LogP contribution in [0.3, 0.4) is 0 Å².